The Balaban J connectivity index is 1.59. The molecule has 0 radical (unpaired) electrons. The van der Waals surface area contributed by atoms with Gasteiger partial charge in [0.25, 0.3) is 5.91 Å². The van der Waals surface area contributed by atoms with Gasteiger partial charge in [0.15, 0.2) is 11.6 Å². The fourth-order valence-electron chi connectivity index (χ4n) is 2.83. The van der Waals surface area contributed by atoms with E-state index >= 15 is 0 Å². The van der Waals surface area contributed by atoms with Crippen LogP contribution in [0.4, 0.5) is 4.39 Å². The van der Waals surface area contributed by atoms with Crippen LogP contribution in [0.1, 0.15) is 15.9 Å². The predicted molar refractivity (Wildman–Crippen MR) is 111 cm³/mol. The average Bonchev–Trinajstić information content (AvgIpc) is 2.78. The lowest BCUT2D eigenvalue weighted by atomic mass is 10.1. The molecule has 3 aromatic carbocycles. The van der Waals surface area contributed by atoms with E-state index in [1.165, 1.54) is 12.1 Å². The molecule has 154 valence electrons. The third kappa shape index (κ3) is 6.17. The van der Waals surface area contributed by atoms with E-state index in [1.807, 2.05) is 36.4 Å². The zero-order valence-electron chi connectivity index (χ0n) is 16.3. The first-order valence-corrected chi connectivity index (χ1v) is 9.57. The van der Waals surface area contributed by atoms with Crippen molar-refractivity contribution in [2.75, 3.05) is 13.2 Å². The van der Waals surface area contributed by atoms with Crippen molar-refractivity contribution in [3.63, 3.8) is 0 Å². The van der Waals surface area contributed by atoms with Gasteiger partial charge in [-0.3, -0.25) is 4.79 Å². The molecule has 3 aromatic rings. The van der Waals surface area contributed by atoms with Crippen LogP contribution in [0.3, 0.4) is 0 Å². The first-order valence-electron chi connectivity index (χ1n) is 9.57. The molecule has 5 nitrogen and oxygen atoms in total. The molecule has 1 unspecified atom stereocenters. The van der Waals surface area contributed by atoms with E-state index < -0.39 is 17.8 Å². The Morgan fingerprint density at radius 1 is 0.833 bits per heavy atom. The summed E-state index contributed by atoms with van der Waals surface area (Å²) in [6.07, 6.45) is 0.284. The number of ether oxygens (including phenoxy) is 2. The lowest BCUT2D eigenvalue weighted by Crippen LogP contribution is -2.43. The van der Waals surface area contributed by atoms with Crippen molar-refractivity contribution in [1.29, 1.82) is 0 Å². The molecule has 0 aliphatic rings. The second-order valence-electron chi connectivity index (χ2n) is 6.53. The van der Waals surface area contributed by atoms with Crippen LogP contribution >= 0.6 is 0 Å². The Kier molecular flexibility index (Phi) is 7.55. The SMILES string of the molecule is O=C(NC(Cc1ccccc1)C(=O)OCCOc1ccccc1F)c1ccccc1. The van der Waals surface area contributed by atoms with Crippen LogP contribution in [-0.2, 0) is 16.0 Å². The third-order valence-corrected chi connectivity index (χ3v) is 4.33. The fraction of sp³-hybridized carbons (Fsp3) is 0.167. The summed E-state index contributed by atoms with van der Waals surface area (Å²) < 4.78 is 24.1. The summed E-state index contributed by atoms with van der Waals surface area (Å²) in [5, 5.41) is 2.73. The minimum absolute atomic E-state index is 0.00262. The van der Waals surface area contributed by atoms with Crippen LogP contribution in [0.25, 0.3) is 0 Å². The van der Waals surface area contributed by atoms with Gasteiger partial charge in [-0.1, -0.05) is 60.7 Å². The number of amides is 1. The molecule has 1 atom stereocenters. The van der Waals surface area contributed by atoms with Gasteiger partial charge in [0.1, 0.15) is 19.3 Å². The highest BCUT2D eigenvalue weighted by Crippen LogP contribution is 2.15. The van der Waals surface area contributed by atoms with Gasteiger partial charge in [0.2, 0.25) is 0 Å². The van der Waals surface area contributed by atoms with Gasteiger partial charge in [0.05, 0.1) is 0 Å². The van der Waals surface area contributed by atoms with Gasteiger partial charge in [-0.15, -0.1) is 0 Å². The van der Waals surface area contributed by atoms with E-state index in [2.05, 4.69) is 5.32 Å². The minimum Gasteiger partial charge on any atom is -0.487 e. The molecule has 0 heterocycles. The fourth-order valence-corrected chi connectivity index (χ4v) is 2.83. The minimum atomic E-state index is -0.867. The summed E-state index contributed by atoms with van der Waals surface area (Å²) in [5.41, 5.74) is 1.33. The molecule has 0 spiro atoms. The lowest BCUT2D eigenvalue weighted by Gasteiger charge is -2.18. The summed E-state index contributed by atoms with van der Waals surface area (Å²) in [5.74, 6) is -1.34. The lowest BCUT2D eigenvalue weighted by molar-refractivity contribution is -0.146. The van der Waals surface area contributed by atoms with Crippen LogP contribution in [0.5, 0.6) is 5.75 Å². The van der Waals surface area contributed by atoms with Crippen molar-refractivity contribution in [2.24, 2.45) is 0 Å². The molecule has 0 saturated heterocycles. The summed E-state index contributed by atoms with van der Waals surface area (Å²) in [4.78, 5) is 25.1. The first-order chi connectivity index (χ1) is 14.6. The highest BCUT2D eigenvalue weighted by atomic mass is 19.1. The summed E-state index contributed by atoms with van der Waals surface area (Å²) in [7, 11) is 0. The molecule has 1 N–H and O–H groups in total. The molecule has 0 aliphatic carbocycles. The van der Waals surface area contributed by atoms with Crippen molar-refractivity contribution < 1.29 is 23.5 Å². The molecule has 1 amide bonds. The molecule has 0 bridgehead atoms. The van der Waals surface area contributed by atoms with E-state index in [1.54, 1.807) is 36.4 Å². The topological polar surface area (TPSA) is 64.6 Å². The molecule has 0 aromatic heterocycles. The molecule has 0 fully saturated rings. The number of carbonyl (C=O) groups is 2. The third-order valence-electron chi connectivity index (χ3n) is 4.33. The zero-order valence-corrected chi connectivity index (χ0v) is 16.3. The summed E-state index contributed by atoms with van der Waals surface area (Å²) in [6, 6.07) is 23.1. The Morgan fingerprint density at radius 3 is 2.17 bits per heavy atom. The van der Waals surface area contributed by atoms with Gasteiger partial charge in [-0.05, 0) is 29.8 Å². The molecular weight excluding hydrogens is 385 g/mol. The number of esters is 1. The van der Waals surface area contributed by atoms with Crippen LogP contribution in [0.15, 0.2) is 84.9 Å². The van der Waals surface area contributed by atoms with Crippen molar-refractivity contribution in [2.45, 2.75) is 12.5 Å². The summed E-state index contributed by atoms with van der Waals surface area (Å²) in [6.45, 7) is -0.0724. The molecule has 0 aliphatic heterocycles. The number of halogens is 1. The second kappa shape index (κ2) is 10.8. The first kappa shape index (κ1) is 21.0. The number of hydrogen-bond acceptors (Lipinski definition) is 4. The molecule has 0 saturated carbocycles. The number of rotatable bonds is 9. The number of nitrogens with one attached hydrogen (secondary N) is 1. The quantitative estimate of drug-likeness (QED) is 0.433. The van der Waals surface area contributed by atoms with Crippen molar-refractivity contribution in [3.8, 4) is 5.75 Å². The van der Waals surface area contributed by atoms with Gasteiger partial charge in [-0.2, -0.15) is 0 Å². The van der Waals surface area contributed by atoms with Gasteiger partial charge < -0.3 is 14.8 Å². The Hall–Kier alpha value is -3.67. The Bertz CT molecular complexity index is 963. The maximum atomic E-state index is 13.6. The number of benzene rings is 3. The van der Waals surface area contributed by atoms with Gasteiger partial charge in [-0.25, -0.2) is 9.18 Å². The molecule has 3 rings (SSSR count). The van der Waals surface area contributed by atoms with E-state index in [-0.39, 0.29) is 31.3 Å². The van der Waals surface area contributed by atoms with Gasteiger partial charge in [0, 0.05) is 12.0 Å². The standard InChI is InChI=1S/C24H22FNO4/c25-20-13-7-8-14-22(20)29-15-16-30-24(28)21(17-18-9-3-1-4-10-18)26-23(27)19-11-5-2-6-12-19/h1-14,21H,15-17H2,(H,26,27). The van der Waals surface area contributed by atoms with E-state index in [4.69, 9.17) is 9.47 Å². The normalized spacial score (nSPS) is 11.4. The zero-order chi connectivity index (χ0) is 21.2. The molecule has 30 heavy (non-hydrogen) atoms. The number of para-hydroxylation sites is 1. The van der Waals surface area contributed by atoms with Crippen LogP contribution in [0, 0.1) is 5.82 Å². The monoisotopic (exact) mass is 407 g/mol. The second-order valence-corrected chi connectivity index (χ2v) is 6.53. The van der Waals surface area contributed by atoms with Crippen LogP contribution < -0.4 is 10.1 Å². The highest BCUT2D eigenvalue weighted by molar-refractivity contribution is 5.96. The number of carbonyl (C=O) groups excluding carboxylic acids is 2. The van der Waals surface area contributed by atoms with Crippen molar-refractivity contribution in [1.82, 2.24) is 5.32 Å². The Morgan fingerprint density at radius 2 is 1.47 bits per heavy atom. The highest BCUT2D eigenvalue weighted by Gasteiger charge is 2.23. The largest absolute Gasteiger partial charge is 0.487 e. The van der Waals surface area contributed by atoms with Gasteiger partial charge >= 0.3 is 5.97 Å². The summed E-state index contributed by atoms with van der Waals surface area (Å²) >= 11 is 0. The van der Waals surface area contributed by atoms with E-state index in [0.717, 1.165) is 5.56 Å². The van der Waals surface area contributed by atoms with Crippen molar-refractivity contribution >= 4 is 11.9 Å². The maximum Gasteiger partial charge on any atom is 0.329 e. The van der Waals surface area contributed by atoms with Crippen molar-refractivity contribution in [3.05, 3.63) is 102 Å². The molecule has 6 heteroatoms. The Labute approximate surface area is 174 Å². The average molecular weight is 407 g/mol. The smallest absolute Gasteiger partial charge is 0.329 e. The van der Waals surface area contributed by atoms with E-state index in [9.17, 15) is 14.0 Å². The maximum absolute atomic E-state index is 13.6. The van der Waals surface area contributed by atoms with E-state index in [0.29, 0.717) is 5.56 Å². The molecular formula is C24H22FNO4. The predicted octanol–water partition coefficient (Wildman–Crippen LogP) is 3.79. The van der Waals surface area contributed by atoms with Crippen LogP contribution in [-0.4, -0.2) is 31.1 Å². The number of hydrogen-bond donors (Lipinski definition) is 1. The van der Waals surface area contributed by atoms with Crippen LogP contribution in [0.2, 0.25) is 0 Å².